The molecule has 11 heteroatoms. The minimum absolute atomic E-state index is 0.00996. The molecule has 0 radical (unpaired) electrons. The van der Waals surface area contributed by atoms with Crippen molar-refractivity contribution in [1.82, 2.24) is 5.32 Å². The molecule has 1 saturated carbocycles. The first kappa shape index (κ1) is 31.9. The zero-order valence-corrected chi connectivity index (χ0v) is 23.0. The zero-order valence-electron chi connectivity index (χ0n) is 22.2. The summed E-state index contributed by atoms with van der Waals surface area (Å²) in [5.74, 6) is -0.159. The lowest BCUT2D eigenvalue weighted by molar-refractivity contribution is -0.143. The van der Waals surface area contributed by atoms with Crippen molar-refractivity contribution >= 4 is 23.3 Å². The largest absolute Gasteiger partial charge is 0.416 e. The molecule has 0 heterocycles. The number of hydrogen-bond acceptors (Lipinski definition) is 3. The third-order valence-corrected chi connectivity index (χ3v) is 7.99. The number of amides is 1. The normalized spacial score (nSPS) is 22.5. The van der Waals surface area contributed by atoms with Crippen molar-refractivity contribution in [2.24, 2.45) is 0 Å². The maximum absolute atomic E-state index is 13.4. The molecule has 1 aliphatic rings. The minimum Gasteiger partial charge on any atom is -0.373 e. The number of nitrogens with one attached hydrogen (secondary N) is 1. The van der Waals surface area contributed by atoms with Crippen LogP contribution in [0.3, 0.4) is 0 Å². The maximum Gasteiger partial charge on any atom is 0.416 e. The van der Waals surface area contributed by atoms with E-state index < -0.39 is 40.5 Å². The molecule has 0 aromatic heterocycles. The summed E-state index contributed by atoms with van der Waals surface area (Å²) in [5, 5.41) is 2.89. The molecule has 1 amide bonds. The highest BCUT2D eigenvalue weighted by molar-refractivity contribution is 6.17. The van der Waals surface area contributed by atoms with E-state index in [0.717, 1.165) is 5.56 Å². The summed E-state index contributed by atoms with van der Waals surface area (Å²) in [4.78, 5) is 25.2. The van der Waals surface area contributed by atoms with Crippen molar-refractivity contribution in [2.45, 2.75) is 81.8 Å². The highest BCUT2D eigenvalue weighted by atomic mass is 35.5. The number of halogens is 7. The lowest BCUT2D eigenvalue weighted by atomic mass is 9.63. The number of benzene rings is 2. The first-order valence-electron chi connectivity index (χ1n) is 13.0. The van der Waals surface area contributed by atoms with E-state index in [2.05, 4.69) is 5.32 Å². The summed E-state index contributed by atoms with van der Waals surface area (Å²) >= 11 is 5.68. The van der Waals surface area contributed by atoms with Crippen molar-refractivity contribution in [3.63, 3.8) is 0 Å². The Kier molecular flexibility index (Phi) is 9.99. The van der Waals surface area contributed by atoms with Gasteiger partial charge in [-0.05, 0) is 75.3 Å². The molecule has 0 spiro atoms. The van der Waals surface area contributed by atoms with Gasteiger partial charge in [0.15, 0.2) is 5.78 Å². The van der Waals surface area contributed by atoms with Gasteiger partial charge in [-0.1, -0.05) is 30.3 Å². The van der Waals surface area contributed by atoms with Crippen LogP contribution in [0.25, 0.3) is 0 Å². The minimum atomic E-state index is -4.96. The van der Waals surface area contributed by atoms with Gasteiger partial charge in [0.2, 0.25) is 5.91 Å². The molecular formula is C29H32ClF6NO3. The van der Waals surface area contributed by atoms with E-state index in [-0.39, 0.29) is 36.3 Å². The Labute approximate surface area is 234 Å². The van der Waals surface area contributed by atoms with Crippen LogP contribution < -0.4 is 5.32 Å². The van der Waals surface area contributed by atoms with E-state index >= 15 is 0 Å². The van der Waals surface area contributed by atoms with Crippen LogP contribution in [0.5, 0.6) is 0 Å². The van der Waals surface area contributed by atoms with Gasteiger partial charge in [-0.15, -0.1) is 11.6 Å². The van der Waals surface area contributed by atoms with E-state index in [1.165, 1.54) is 13.8 Å². The summed E-state index contributed by atoms with van der Waals surface area (Å²) in [6.07, 6.45) is -8.98. The lowest BCUT2D eigenvalue weighted by Gasteiger charge is -2.46. The highest BCUT2D eigenvalue weighted by Crippen LogP contribution is 2.45. The van der Waals surface area contributed by atoms with Crippen LogP contribution in [0, 0.1) is 0 Å². The first-order chi connectivity index (χ1) is 18.6. The number of ketones is 1. The molecule has 2 aromatic carbocycles. The number of ether oxygens (including phenoxy) is 1. The summed E-state index contributed by atoms with van der Waals surface area (Å²) in [6.45, 7) is 2.82. The molecule has 1 atom stereocenters. The third-order valence-electron chi connectivity index (χ3n) is 7.73. The van der Waals surface area contributed by atoms with Gasteiger partial charge in [0.05, 0.1) is 29.4 Å². The molecule has 0 unspecified atom stereocenters. The number of carbonyl (C=O) groups is 2. The first-order valence-corrected chi connectivity index (χ1v) is 13.5. The fourth-order valence-electron chi connectivity index (χ4n) is 5.18. The molecule has 1 N–H and O–H groups in total. The fourth-order valence-corrected chi connectivity index (χ4v) is 5.31. The molecule has 220 valence electrons. The quantitative estimate of drug-likeness (QED) is 0.227. The van der Waals surface area contributed by atoms with Crippen molar-refractivity contribution in [1.29, 1.82) is 0 Å². The Bertz CT molecular complexity index is 1140. The van der Waals surface area contributed by atoms with Gasteiger partial charge >= 0.3 is 12.4 Å². The van der Waals surface area contributed by atoms with E-state index in [4.69, 9.17) is 16.3 Å². The van der Waals surface area contributed by atoms with Crippen LogP contribution >= 0.6 is 11.6 Å². The maximum atomic E-state index is 13.4. The molecule has 0 aliphatic heterocycles. The molecule has 40 heavy (non-hydrogen) atoms. The topological polar surface area (TPSA) is 55.4 Å². The summed E-state index contributed by atoms with van der Waals surface area (Å²) in [6, 6.07) is 10.7. The number of carbonyl (C=O) groups excluding carboxylic acids is 2. The van der Waals surface area contributed by atoms with Crippen LogP contribution in [0.1, 0.15) is 80.7 Å². The molecule has 4 nitrogen and oxygen atoms in total. The lowest BCUT2D eigenvalue weighted by Crippen LogP contribution is -2.58. The number of Topliss-reactive ketones (excluding diaryl/α,β-unsaturated/α-hetero) is 1. The van der Waals surface area contributed by atoms with Crippen LogP contribution in [0.2, 0.25) is 0 Å². The Morgan fingerprint density at radius 1 is 0.950 bits per heavy atom. The van der Waals surface area contributed by atoms with Crippen LogP contribution in [0.4, 0.5) is 26.3 Å². The van der Waals surface area contributed by atoms with Crippen LogP contribution in [-0.2, 0) is 32.1 Å². The van der Waals surface area contributed by atoms with Gasteiger partial charge in [0.1, 0.15) is 0 Å². The Balaban J connectivity index is 1.87. The van der Waals surface area contributed by atoms with E-state index in [1.807, 2.05) is 30.3 Å². The van der Waals surface area contributed by atoms with Crippen LogP contribution in [0.15, 0.2) is 48.5 Å². The Morgan fingerprint density at radius 2 is 1.50 bits per heavy atom. The summed E-state index contributed by atoms with van der Waals surface area (Å²) in [7, 11) is 0. The molecule has 2 aromatic rings. The summed E-state index contributed by atoms with van der Waals surface area (Å²) < 4.78 is 86.3. The number of alkyl halides is 7. The Morgan fingerprint density at radius 3 is 1.98 bits per heavy atom. The average Bonchev–Trinajstić information content (AvgIpc) is 2.90. The second-order valence-corrected chi connectivity index (χ2v) is 10.8. The third kappa shape index (κ3) is 7.57. The van der Waals surface area contributed by atoms with Gasteiger partial charge in [0.25, 0.3) is 0 Å². The van der Waals surface area contributed by atoms with E-state index in [0.29, 0.717) is 50.1 Å². The number of hydrogen-bond donors (Lipinski definition) is 1. The van der Waals surface area contributed by atoms with Gasteiger partial charge in [-0.2, -0.15) is 26.3 Å². The number of rotatable bonds is 10. The van der Waals surface area contributed by atoms with Gasteiger partial charge < -0.3 is 10.1 Å². The van der Waals surface area contributed by atoms with E-state index in [9.17, 15) is 35.9 Å². The monoisotopic (exact) mass is 591 g/mol. The summed E-state index contributed by atoms with van der Waals surface area (Å²) in [5.41, 5.74) is -3.93. The smallest absolute Gasteiger partial charge is 0.373 e. The predicted molar refractivity (Wildman–Crippen MR) is 139 cm³/mol. The molecule has 1 aliphatic carbocycles. The molecular weight excluding hydrogens is 560 g/mol. The average molecular weight is 592 g/mol. The van der Waals surface area contributed by atoms with Gasteiger partial charge in [0, 0.05) is 17.7 Å². The predicted octanol–water partition coefficient (Wildman–Crippen LogP) is 7.78. The molecule has 0 saturated heterocycles. The van der Waals surface area contributed by atoms with Crippen molar-refractivity contribution in [3.05, 3.63) is 70.8 Å². The zero-order chi connectivity index (χ0) is 29.8. The SMILES string of the molecule is CC(=O)C1(NC(=O)CCCCl)CCC(CO[C@H](C)c2cc(C(F)(F)F)cc(C(F)(F)F)c2)(c2ccccc2)CC1. The van der Waals surface area contributed by atoms with Crippen molar-refractivity contribution in [3.8, 4) is 0 Å². The molecule has 0 bridgehead atoms. The highest BCUT2D eigenvalue weighted by Gasteiger charge is 2.47. The Hall–Kier alpha value is -2.59. The van der Waals surface area contributed by atoms with Crippen molar-refractivity contribution < 1.29 is 40.7 Å². The second-order valence-electron chi connectivity index (χ2n) is 10.4. The fraction of sp³-hybridized carbons (Fsp3) is 0.517. The molecule has 3 rings (SSSR count). The van der Waals surface area contributed by atoms with Crippen LogP contribution in [-0.4, -0.2) is 29.7 Å². The van der Waals surface area contributed by atoms with Crippen molar-refractivity contribution in [2.75, 3.05) is 12.5 Å². The second kappa shape index (κ2) is 12.5. The van der Waals surface area contributed by atoms with E-state index in [1.54, 1.807) is 0 Å². The van der Waals surface area contributed by atoms with Gasteiger partial charge in [-0.25, -0.2) is 0 Å². The standard InChI is InChI=1S/C29H32ClF6NO3/c1-19(21-15-23(28(31,32)33)17-24(16-21)29(34,35)36)40-18-26(22-7-4-3-5-8-22)10-12-27(13-11-26,20(2)38)37-25(39)9-6-14-30/h3-5,7-8,15-17,19H,6,9-14,18H2,1-2H3,(H,37,39)/t19-,26?,27?/m1/s1. The molecule has 1 fully saturated rings. The van der Waals surface area contributed by atoms with Gasteiger partial charge in [-0.3, -0.25) is 9.59 Å².